The molecule has 3 rings (SSSR count). The van der Waals surface area contributed by atoms with Gasteiger partial charge in [-0.2, -0.15) is 9.97 Å². The van der Waals surface area contributed by atoms with Crippen LogP contribution in [0.15, 0.2) is 24.3 Å². The number of nitrogens with zero attached hydrogens (tertiary/aromatic N) is 5. The van der Waals surface area contributed by atoms with E-state index in [0.717, 1.165) is 19.6 Å². The van der Waals surface area contributed by atoms with E-state index in [9.17, 15) is 10.1 Å². The molecule has 1 aliphatic rings. The molecule has 1 saturated heterocycles. The predicted octanol–water partition coefficient (Wildman–Crippen LogP) is 2.51. The van der Waals surface area contributed by atoms with Crippen molar-refractivity contribution in [1.29, 1.82) is 0 Å². The van der Waals surface area contributed by atoms with Crippen molar-refractivity contribution in [2.75, 3.05) is 48.7 Å². The minimum absolute atomic E-state index is 0.164. The summed E-state index contributed by atoms with van der Waals surface area (Å²) < 4.78 is 0. The number of nitro groups is 1. The first-order valence-electron chi connectivity index (χ1n) is 8.29. The monoisotopic (exact) mass is 377 g/mol. The average Bonchev–Trinajstić information content (AvgIpc) is 2.61. The Morgan fingerprint density at radius 3 is 2.65 bits per heavy atom. The zero-order chi connectivity index (χ0) is 18.7. The molecule has 138 valence electrons. The van der Waals surface area contributed by atoms with Crippen LogP contribution in [-0.2, 0) is 0 Å². The summed E-state index contributed by atoms with van der Waals surface area (Å²) >= 11 is 5.98. The summed E-state index contributed by atoms with van der Waals surface area (Å²) in [6.07, 6.45) is 0. The summed E-state index contributed by atoms with van der Waals surface area (Å²) in [5, 5.41) is 15.1. The molecule has 0 spiro atoms. The molecule has 1 fully saturated rings. The molecular formula is C16H20ClN7O2. The van der Waals surface area contributed by atoms with Crippen molar-refractivity contribution in [1.82, 2.24) is 14.9 Å². The molecule has 26 heavy (non-hydrogen) atoms. The van der Waals surface area contributed by atoms with Gasteiger partial charge in [0.2, 0.25) is 17.6 Å². The Labute approximate surface area is 155 Å². The number of anilines is 4. The normalized spacial score (nSPS) is 15.1. The largest absolute Gasteiger partial charge is 0.378 e. The molecule has 0 atom stereocenters. The van der Waals surface area contributed by atoms with Gasteiger partial charge in [0.05, 0.1) is 4.92 Å². The molecule has 1 aromatic carbocycles. The van der Waals surface area contributed by atoms with Gasteiger partial charge in [0.15, 0.2) is 0 Å². The van der Waals surface area contributed by atoms with Gasteiger partial charge in [-0.3, -0.25) is 10.1 Å². The van der Waals surface area contributed by atoms with Crippen LogP contribution in [0.2, 0.25) is 5.02 Å². The first-order chi connectivity index (χ1) is 12.5. The van der Waals surface area contributed by atoms with Gasteiger partial charge in [-0.05, 0) is 24.7 Å². The van der Waals surface area contributed by atoms with Gasteiger partial charge in [-0.15, -0.1) is 0 Å². The average molecular weight is 378 g/mol. The van der Waals surface area contributed by atoms with Crippen LogP contribution >= 0.6 is 11.6 Å². The van der Waals surface area contributed by atoms with Crippen LogP contribution in [0.3, 0.4) is 0 Å². The Kier molecular flexibility index (Phi) is 5.38. The van der Waals surface area contributed by atoms with Crippen molar-refractivity contribution < 1.29 is 4.92 Å². The second-order valence-electron chi connectivity index (χ2n) is 5.92. The molecule has 9 nitrogen and oxygen atoms in total. The summed E-state index contributed by atoms with van der Waals surface area (Å²) in [6, 6.07) is 7.04. The number of benzene rings is 1. The van der Waals surface area contributed by atoms with E-state index in [1.165, 1.54) is 0 Å². The maximum Gasteiger partial charge on any atom is 0.353 e. The van der Waals surface area contributed by atoms with E-state index in [0.29, 0.717) is 23.8 Å². The number of nitrogens with two attached hydrogens (primary N) is 1. The zero-order valence-corrected chi connectivity index (χ0v) is 15.1. The molecule has 0 aliphatic carbocycles. The summed E-state index contributed by atoms with van der Waals surface area (Å²) in [4.78, 5) is 23.5. The molecule has 10 heteroatoms. The highest BCUT2D eigenvalue weighted by Gasteiger charge is 2.29. The van der Waals surface area contributed by atoms with Crippen molar-refractivity contribution in [2.45, 2.75) is 6.92 Å². The van der Waals surface area contributed by atoms with E-state index in [1.54, 1.807) is 24.3 Å². The quantitative estimate of drug-likeness (QED) is 0.603. The minimum atomic E-state index is -0.528. The topological polar surface area (TPSA) is 113 Å². The Bertz CT molecular complexity index is 809. The summed E-state index contributed by atoms with van der Waals surface area (Å²) in [5.74, 6) is 0.272. The Morgan fingerprint density at radius 1 is 1.31 bits per heavy atom. The fraction of sp³-hybridized carbons (Fsp3) is 0.375. The highest BCUT2D eigenvalue weighted by Crippen LogP contribution is 2.33. The Hall–Kier alpha value is -2.65. The second kappa shape index (κ2) is 7.71. The lowest BCUT2D eigenvalue weighted by Crippen LogP contribution is -2.46. The van der Waals surface area contributed by atoms with Crippen LogP contribution < -0.4 is 16.0 Å². The predicted molar refractivity (Wildman–Crippen MR) is 102 cm³/mol. The number of piperazine rings is 1. The van der Waals surface area contributed by atoms with E-state index in [2.05, 4.69) is 27.1 Å². The van der Waals surface area contributed by atoms with Gasteiger partial charge < -0.3 is 20.9 Å². The second-order valence-corrected chi connectivity index (χ2v) is 6.35. The van der Waals surface area contributed by atoms with Gasteiger partial charge in [0, 0.05) is 36.9 Å². The maximum absolute atomic E-state index is 11.5. The lowest BCUT2D eigenvalue weighted by atomic mass is 10.3. The number of aromatic nitrogens is 2. The van der Waals surface area contributed by atoms with E-state index < -0.39 is 4.92 Å². The number of hydrogen-bond acceptors (Lipinski definition) is 8. The van der Waals surface area contributed by atoms with Crippen molar-refractivity contribution >= 4 is 40.6 Å². The van der Waals surface area contributed by atoms with E-state index in [1.807, 2.05) is 4.90 Å². The summed E-state index contributed by atoms with van der Waals surface area (Å²) in [5.41, 5.74) is 6.29. The van der Waals surface area contributed by atoms with Crippen LogP contribution in [0.1, 0.15) is 6.92 Å². The van der Waals surface area contributed by atoms with Gasteiger partial charge in [0.1, 0.15) is 0 Å². The number of nitrogen functional groups attached to an aromatic ring is 1. The van der Waals surface area contributed by atoms with Crippen LogP contribution in [0.25, 0.3) is 0 Å². The maximum atomic E-state index is 11.5. The number of likely N-dealkylation sites (N-methyl/N-ethyl adjacent to an activating group) is 1. The third-order valence-corrected chi connectivity index (χ3v) is 4.51. The summed E-state index contributed by atoms with van der Waals surface area (Å²) in [7, 11) is 0. The highest BCUT2D eigenvalue weighted by molar-refractivity contribution is 6.30. The molecule has 0 amide bonds. The van der Waals surface area contributed by atoms with Crippen molar-refractivity contribution in [3.8, 4) is 0 Å². The minimum Gasteiger partial charge on any atom is -0.378 e. The van der Waals surface area contributed by atoms with Gasteiger partial charge in [-0.1, -0.05) is 24.6 Å². The van der Waals surface area contributed by atoms with Crippen LogP contribution in [-0.4, -0.2) is 52.5 Å². The van der Waals surface area contributed by atoms with Crippen LogP contribution in [0.4, 0.5) is 29.0 Å². The summed E-state index contributed by atoms with van der Waals surface area (Å²) in [6.45, 7) is 5.95. The Balaban J connectivity index is 1.93. The highest BCUT2D eigenvalue weighted by atomic mass is 35.5. The van der Waals surface area contributed by atoms with Crippen molar-refractivity contribution in [2.24, 2.45) is 0 Å². The molecule has 2 heterocycles. The number of hydrogen-bond donors (Lipinski definition) is 2. The lowest BCUT2D eigenvalue weighted by Gasteiger charge is -2.34. The molecule has 3 N–H and O–H groups in total. The molecule has 0 radical (unpaired) electrons. The van der Waals surface area contributed by atoms with Crippen molar-refractivity contribution in [3.63, 3.8) is 0 Å². The molecule has 1 aliphatic heterocycles. The standard InChI is InChI=1S/C16H20ClN7O2/c1-2-22-6-8-23(9-7-22)15-13(24(25)26)14(18)20-16(21-15)19-12-5-3-4-11(17)10-12/h3-5,10H,2,6-9H2,1H3,(H3,18,19,20,21). The zero-order valence-electron chi connectivity index (χ0n) is 14.4. The first kappa shape index (κ1) is 18.2. The SMILES string of the molecule is CCN1CCN(c2nc(Nc3cccc(Cl)c3)nc(N)c2[N+](=O)[O-])CC1. The van der Waals surface area contributed by atoms with Crippen LogP contribution in [0, 0.1) is 10.1 Å². The molecular weight excluding hydrogens is 358 g/mol. The van der Waals surface area contributed by atoms with Crippen LogP contribution in [0.5, 0.6) is 0 Å². The molecule has 0 saturated carbocycles. The molecule has 1 aromatic heterocycles. The lowest BCUT2D eigenvalue weighted by molar-refractivity contribution is -0.383. The third kappa shape index (κ3) is 3.94. The number of rotatable bonds is 5. The number of nitrogens with one attached hydrogen (secondary N) is 1. The van der Waals surface area contributed by atoms with E-state index in [4.69, 9.17) is 17.3 Å². The van der Waals surface area contributed by atoms with E-state index >= 15 is 0 Å². The molecule has 0 unspecified atom stereocenters. The smallest absolute Gasteiger partial charge is 0.353 e. The first-order valence-corrected chi connectivity index (χ1v) is 8.67. The molecule has 2 aromatic rings. The van der Waals surface area contributed by atoms with Gasteiger partial charge >= 0.3 is 5.69 Å². The fourth-order valence-electron chi connectivity index (χ4n) is 2.88. The fourth-order valence-corrected chi connectivity index (χ4v) is 3.07. The van der Waals surface area contributed by atoms with E-state index in [-0.39, 0.29) is 23.3 Å². The Morgan fingerprint density at radius 2 is 2.04 bits per heavy atom. The molecule has 0 bridgehead atoms. The number of halogens is 1. The third-order valence-electron chi connectivity index (χ3n) is 4.27. The van der Waals surface area contributed by atoms with Gasteiger partial charge in [0.25, 0.3) is 0 Å². The van der Waals surface area contributed by atoms with Gasteiger partial charge in [-0.25, -0.2) is 0 Å². The van der Waals surface area contributed by atoms with Crippen molar-refractivity contribution in [3.05, 3.63) is 39.4 Å².